The summed E-state index contributed by atoms with van der Waals surface area (Å²) in [4.78, 5) is 36.2. The van der Waals surface area contributed by atoms with Crippen molar-refractivity contribution in [2.75, 3.05) is 51.3 Å². The number of likely N-dealkylation sites (tertiary alicyclic amines) is 1. The molecule has 0 radical (unpaired) electrons. The maximum atomic E-state index is 15.2. The molecule has 8 rings (SSSR count). The van der Waals surface area contributed by atoms with Gasteiger partial charge in [-0.1, -0.05) is 0 Å². The van der Waals surface area contributed by atoms with E-state index >= 15 is 4.79 Å². The highest BCUT2D eigenvalue weighted by molar-refractivity contribution is 7.93. The Morgan fingerprint density at radius 1 is 1.04 bits per heavy atom. The molecule has 2 saturated carbocycles. The summed E-state index contributed by atoms with van der Waals surface area (Å²) in [5, 5.41) is 16.4. The summed E-state index contributed by atoms with van der Waals surface area (Å²) in [6.07, 6.45) is 4.96. The van der Waals surface area contributed by atoms with Gasteiger partial charge in [0, 0.05) is 61.4 Å². The zero-order valence-corrected chi connectivity index (χ0v) is 29.6. The van der Waals surface area contributed by atoms with Crippen LogP contribution in [0.3, 0.4) is 0 Å². The van der Waals surface area contributed by atoms with Crippen LogP contribution in [0.25, 0.3) is 0 Å². The Morgan fingerprint density at radius 3 is 2.45 bits per heavy atom. The van der Waals surface area contributed by atoms with E-state index < -0.39 is 21.5 Å². The fourth-order valence-corrected chi connectivity index (χ4v) is 10.5. The monoisotopic (exact) mass is 712 g/mol. The number of hydrogen-bond donors (Lipinski definition) is 2. The van der Waals surface area contributed by atoms with Crippen LogP contribution in [0, 0.1) is 28.1 Å². The fourth-order valence-electron chi connectivity index (χ4n) is 8.93. The van der Waals surface area contributed by atoms with Gasteiger partial charge in [0.15, 0.2) is 5.54 Å². The number of nitrogens with one attached hydrogen (secondary N) is 2. The molecule has 0 bridgehead atoms. The molecule has 2 aliphatic carbocycles. The largest absolute Gasteiger partial charge is 0.497 e. The Morgan fingerprint density at radius 2 is 1.80 bits per heavy atom. The van der Waals surface area contributed by atoms with Crippen LogP contribution in [0.1, 0.15) is 49.3 Å². The van der Waals surface area contributed by atoms with Gasteiger partial charge in [0.2, 0.25) is 11.8 Å². The number of anilines is 1. The molecule has 2 aromatic carbocycles. The molecule has 3 aliphatic heterocycles. The van der Waals surface area contributed by atoms with Crippen LogP contribution in [0.5, 0.6) is 17.4 Å². The van der Waals surface area contributed by atoms with Gasteiger partial charge in [-0.25, -0.2) is 13.4 Å². The number of carbonyl (C=O) groups is 2. The molecule has 4 heterocycles. The van der Waals surface area contributed by atoms with Crippen molar-refractivity contribution < 1.29 is 32.2 Å². The molecule has 1 aromatic heterocycles. The normalized spacial score (nSPS) is 27.3. The summed E-state index contributed by atoms with van der Waals surface area (Å²) in [5.74, 6) is -1.33. The van der Waals surface area contributed by atoms with Crippen LogP contribution >= 0.6 is 0 Å². The van der Waals surface area contributed by atoms with Gasteiger partial charge < -0.3 is 24.8 Å². The van der Waals surface area contributed by atoms with E-state index in [1.165, 1.54) is 56.8 Å². The van der Waals surface area contributed by atoms with Crippen molar-refractivity contribution in [3.05, 3.63) is 71.4 Å². The van der Waals surface area contributed by atoms with Crippen molar-refractivity contribution in [1.82, 2.24) is 20.5 Å². The number of amides is 2. The average molecular weight is 713 g/mol. The van der Waals surface area contributed by atoms with Gasteiger partial charge in [0.1, 0.15) is 16.4 Å². The molecule has 13 nitrogen and oxygen atoms in total. The van der Waals surface area contributed by atoms with Crippen LogP contribution in [0.15, 0.2) is 59.6 Å². The Balaban J connectivity index is 1.16. The van der Waals surface area contributed by atoms with E-state index in [0.29, 0.717) is 34.4 Å². The Bertz CT molecular complexity index is 2070. The number of ether oxygens (including phenoxy) is 3. The lowest BCUT2D eigenvalue weighted by Crippen LogP contribution is -2.74. The maximum absolute atomic E-state index is 15.2. The van der Waals surface area contributed by atoms with Crippen LogP contribution < -0.4 is 29.1 Å². The molecule has 14 heteroatoms. The summed E-state index contributed by atoms with van der Waals surface area (Å²) in [6.45, 7) is 6.41. The molecule has 5 aliphatic rings. The fraction of sp³-hybridized carbons (Fsp3) is 0.459. The minimum absolute atomic E-state index is 0.00984. The number of aromatic nitrogens is 1. The predicted octanol–water partition coefficient (Wildman–Crippen LogP) is 2.93. The highest BCUT2D eigenvalue weighted by Gasteiger charge is 2.63. The van der Waals surface area contributed by atoms with E-state index in [1.54, 1.807) is 19.1 Å². The third-order valence-corrected chi connectivity index (χ3v) is 13.3. The second kappa shape index (κ2) is 11.9. The summed E-state index contributed by atoms with van der Waals surface area (Å²) >= 11 is 0. The van der Waals surface area contributed by atoms with Gasteiger partial charge >= 0.3 is 0 Å². The lowest BCUT2D eigenvalue weighted by molar-refractivity contribution is -0.161. The van der Waals surface area contributed by atoms with E-state index in [-0.39, 0.29) is 62.7 Å². The van der Waals surface area contributed by atoms with E-state index in [2.05, 4.69) is 26.6 Å². The van der Waals surface area contributed by atoms with Crippen molar-refractivity contribution in [2.24, 2.45) is 16.7 Å². The molecule has 51 heavy (non-hydrogen) atoms. The Hall–Kier alpha value is -4.71. The zero-order chi connectivity index (χ0) is 35.8. The summed E-state index contributed by atoms with van der Waals surface area (Å²) < 4.78 is 46.5. The summed E-state index contributed by atoms with van der Waals surface area (Å²) in [7, 11) is -1.91. The van der Waals surface area contributed by atoms with Crippen LogP contribution in [-0.4, -0.2) is 83.2 Å². The number of hydrogen-bond acceptors (Lipinski definition) is 11. The van der Waals surface area contributed by atoms with Crippen molar-refractivity contribution in [2.45, 2.75) is 49.1 Å². The average Bonchev–Trinajstić information content (AvgIpc) is 3.30. The highest BCUT2D eigenvalue weighted by Crippen LogP contribution is 2.61. The molecule has 2 saturated heterocycles. The number of methoxy groups -OCH3 is 2. The second-order valence-electron chi connectivity index (χ2n) is 14.6. The maximum Gasteiger partial charge on any atom is 0.276 e. The first-order chi connectivity index (χ1) is 24.5. The molecule has 266 valence electrons. The molecule has 2 amide bonds. The Kier molecular flexibility index (Phi) is 7.82. The smallest absolute Gasteiger partial charge is 0.276 e. The van der Waals surface area contributed by atoms with Gasteiger partial charge in [-0.05, 0) is 80.5 Å². The predicted molar refractivity (Wildman–Crippen MR) is 185 cm³/mol. The zero-order valence-electron chi connectivity index (χ0n) is 28.8. The van der Waals surface area contributed by atoms with E-state index in [9.17, 15) is 18.5 Å². The highest BCUT2D eigenvalue weighted by atomic mass is 32.2. The minimum Gasteiger partial charge on any atom is -0.497 e. The molecular weight excluding hydrogens is 673 g/mol. The molecule has 2 spiro atoms. The summed E-state index contributed by atoms with van der Waals surface area (Å²) in [5.41, 5.74) is -1.08. The number of carbonyl (C=O) groups excluding carboxylic acids is 2. The molecular formula is C37H40N6O7S. The van der Waals surface area contributed by atoms with Crippen LogP contribution in [0.2, 0.25) is 0 Å². The van der Waals surface area contributed by atoms with Crippen LogP contribution in [-0.2, 0) is 25.2 Å². The molecule has 4 fully saturated rings. The van der Waals surface area contributed by atoms with Gasteiger partial charge in [-0.3, -0.25) is 14.5 Å². The van der Waals surface area contributed by atoms with Crippen molar-refractivity contribution in [3.63, 3.8) is 0 Å². The minimum atomic E-state index is -4.67. The van der Waals surface area contributed by atoms with Gasteiger partial charge in [-0.15, -0.1) is 0 Å². The third kappa shape index (κ3) is 5.00. The van der Waals surface area contributed by atoms with Crippen molar-refractivity contribution in [3.8, 4) is 23.4 Å². The number of fused-ring (bicyclic) bond motifs is 1. The molecule has 1 unspecified atom stereocenters. The first-order valence-corrected chi connectivity index (χ1v) is 18.7. The first-order valence-electron chi connectivity index (χ1n) is 17.2. The summed E-state index contributed by atoms with van der Waals surface area (Å²) in [6, 6.07) is 14.3. The van der Waals surface area contributed by atoms with Gasteiger partial charge in [0.05, 0.1) is 43.7 Å². The molecule has 2 N–H and O–H groups in total. The van der Waals surface area contributed by atoms with Crippen LogP contribution in [0.4, 0.5) is 5.69 Å². The first kappa shape index (κ1) is 33.4. The van der Waals surface area contributed by atoms with Crippen molar-refractivity contribution >= 4 is 27.5 Å². The number of nitrogens with zero attached hydrogens (tertiary/aromatic N) is 4. The van der Waals surface area contributed by atoms with Crippen molar-refractivity contribution in [1.29, 1.82) is 5.26 Å². The number of nitriles is 1. The lowest BCUT2D eigenvalue weighted by atomic mass is 9.49. The number of sulfonamides is 1. The quantitative estimate of drug-likeness (QED) is 0.318. The van der Waals surface area contributed by atoms with E-state index in [4.69, 9.17) is 14.2 Å². The van der Waals surface area contributed by atoms with Gasteiger partial charge in [0.25, 0.3) is 15.9 Å². The lowest BCUT2D eigenvalue weighted by Gasteiger charge is -2.66. The second-order valence-corrected chi connectivity index (χ2v) is 16.4. The SMILES string of the molecule is CCOc1ncccc1C1(NC(=O)C2CC3(C2)CC(N2CC4(CNC4)C2)C3)C(=O)N(S(=O)(=O)c2ccc(OC)cc2OC)c2ccc(C#N)cc21. The topological polar surface area (TPSA) is 163 Å². The standard InChI is InChI=1S/C37H40N6O7S/c1-4-50-33-27(6-5-11-40-33)37(41-32(44)24-14-35(15-24)16-25(17-35)42-21-36(22-42)19-39-20-36)28-12-23(18-38)7-9-29(28)43(34(37)45)51(46,47)31-10-8-26(48-2)13-30(31)49-3/h5-13,24-25,39H,4,14-17,19-22H2,1-3H3,(H,41,44). The number of benzene rings is 2. The Labute approximate surface area is 296 Å². The van der Waals surface area contributed by atoms with Gasteiger partial charge in [-0.2, -0.15) is 9.57 Å². The van der Waals surface area contributed by atoms with E-state index in [1.807, 2.05) is 0 Å². The molecule has 3 aromatic rings. The van der Waals surface area contributed by atoms with E-state index in [0.717, 1.165) is 39.0 Å². The third-order valence-electron chi connectivity index (χ3n) is 11.6. The number of rotatable bonds is 10. The molecule has 1 atom stereocenters. The number of pyridine rings is 1.